The van der Waals surface area contributed by atoms with E-state index in [1.807, 2.05) is 0 Å². The molecule has 4 heteroatoms. The molecule has 2 atom stereocenters. The Balaban J connectivity index is 1.91. The van der Waals surface area contributed by atoms with Gasteiger partial charge in [0.15, 0.2) is 0 Å². The lowest BCUT2D eigenvalue weighted by Crippen LogP contribution is -2.25. The molecule has 1 aromatic rings. The minimum absolute atomic E-state index is 0.148. The van der Waals surface area contributed by atoms with Crippen LogP contribution in [0, 0.1) is 11.7 Å². The smallest absolute Gasteiger partial charge is 0.142 e. The first kappa shape index (κ1) is 12.8. The van der Waals surface area contributed by atoms with Gasteiger partial charge in [0, 0.05) is 0 Å². The van der Waals surface area contributed by atoms with E-state index in [0.717, 1.165) is 18.4 Å². The molecule has 0 radical (unpaired) electrons. The Bertz CT molecular complexity index is 386. The first-order valence-electron chi connectivity index (χ1n) is 5.96. The summed E-state index contributed by atoms with van der Waals surface area (Å²) in [6, 6.07) is 4.77. The molecule has 0 aromatic heterocycles. The Morgan fingerprint density at radius 1 is 1.41 bits per heavy atom. The lowest BCUT2D eigenvalue weighted by Gasteiger charge is -2.18. The predicted molar refractivity (Wildman–Crippen MR) is 66.4 cm³/mol. The lowest BCUT2D eigenvalue weighted by molar-refractivity contribution is 0.0181. The van der Waals surface area contributed by atoms with Gasteiger partial charge in [0.05, 0.1) is 17.7 Å². The van der Waals surface area contributed by atoms with Crippen LogP contribution in [0.4, 0.5) is 4.39 Å². The number of hydrogen-bond donors (Lipinski definition) is 1. The zero-order chi connectivity index (χ0) is 12.3. The van der Waals surface area contributed by atoms with Gasteiger partial charge in [-0.05, 0) is 43.0 Å². The Morgan fingerprint density at radius 3 is 2.94 bits per heavy atom. The zero-order valence-electron chi connectivity index (χ0n) is 9.66. The van der Waals surface area contributed by atoms with Gasteiger partial charge in [-0.3, -0.25) is 0 Å². The zero-order valence-corrected chi connectivity index (χ0v) is 10.4. The van der Waals surface area contributed by atoms with Crippen LogP contribution in [-0.4, -0.2) is 12.6 Å². The summed E-state index contributed by atoms with van der Waals surface area (Å²) >= 11 is 5.62. The van der Waals surface area contributed by atoms with Gasteiger partial charge in [-0.25, -0.2) is 4.39 Å². The van der Waals surface area contributed by atoms with Gasteiger partial charge in [-0.15, -0.1) is 0 Å². The third-order valence-corrected chi connectivity index (χ3v) is 3.65. The molecule has 17 heavy (non-hydrogen) atoms. The summed E-state index contributed by atoms with van der Waals surface area (Å²) in [7, 11) is 0. The SMILES string of the molecule is NCC1CCCC1OCc1ccc(Cl)c(F)c1. The summed E-state index contributed by atoms with van der Waals surface area (Å²) < 4.78 is 19.0. The van der Waals surface area contributed by atoms with Crippen molar-refractivity contribution < 1.29 is 9.13 Å². The van der Waals surface area contributed by atoms with Gasteiger partial charge in [0.1, 0.15) is 5.82 Å². The fourth-order valence-electron chi connectivity index (χ4n) is 2.32. The molecule has 2 unspecified atom stereocenters. The second-order valence-electron chi connectivity index (χ2n) is 4.52. The molecule has 2 nitrogen and oxygen atoms in total. The molecule has 0 spiro atoms. The summed E-state index contributed by atoms with van der Waals surface area (Å²) in [5.41, 5.74) is 6.49. The molecule has 0 saturated heterocycles. The summed E-state index contributed by atoms with van der Waals surface area (Å²) in [5, 5.41) is 0.148. The fraction of sp³-hybridized carbons (Fsp3) is 0.538. The van der Waals surface area contributed by atoms with Crippen LogP contribution in [0.15, 0.2) is 18.2 Å². The molecule has 1 aliphatic rings. The molecule has 0 aliphatic heterocycles. The highest BCUT2D eigenvalue weighted by molar-refractivity contribution is 6.30. The van der Waals surface area contributed by atoms with E-state index in [0.29, 0.717) is 19.1 Å². The molecule has 2 N–H and O–H groups in total. The van der Waals surface area contributed by atoms with Gasteiger partial charge < -0.3 is 10.5 Å². The van der Waals surface area contributed by atoms with Crippen LogP contribution in [0.1, 0.15) is 24.8 Å². The monoisotopic (exact) mass is 257 g/mol. The van der Waals surface area contributed by atoms with Crippen LogP contribution in [0.25, 0.3) is 0 Å². The molecular formula is C13H17ClFNO. The molecule has 1 aromatic carbocycles. The van der Waals surface area contributed by atoms with E-state index in [2.05, 4.69) is 0 Å². The Labute approximate surface area is 106 Å². The van der Waals surface area contributed by atoms with E-state index in [-0.39, 0.29) is 11.1 Å². The van der Waals surface area contributed by atoms with E-state index in [1.54, 1.807) is 12.1 Å². The van der Waals surface area contributed by atoms with Crippen LogP contribution in [0.5, 0.6) is 0 Å². The second kappa shape index (κ2) is 5.80. The third kappa shape index (κ3) is 3.18. The Hall–Kier alpha value is -0.640. The largest absolute Gasteiger partial charge is 0.373 e. The van der Waals surface area contributed by atoms with Gasteiger partial charge in [0.25, 0.3) is 0 Å². The van der Waals surface area contributed by atoms with Crippen LogP contribution in [0.2, 0.25) is 5.02 Å². The summed E-state index contributed by atoms with van der Waals surface area (Å²) in [6.45, 7) is 1.09. The van der Waals surface area contributed by atoms with Crippen LogP contribution in [0.3, 0.4) is 0 Å². The molecule has 0 heterocycles. The summed E-state index contributed by atoms with van der Waals surface area (Å²) in [6.07, 6.45) is 3.58. The van der Waals surface area contributed by atoms with Gasteiger partial charge in [-0.1, -0.05) is 24.1 Å². The Kier molecular flexibility index (Phi) is 4.37. The molecule has 0 amide bonds. The van der Waals surface area contributed by atoms with Crippen molar-refractivity contribution in [3.63, 3.8) is 0 Å². The molecule has 0 bridgehead atoms. The predicted octanol–water partition coefficient (Wildman–Crippen LogP) is 3.12. The molecule has 2 rings (SSSR count). The van der Waals surface area contributed by atoms with E-state index in [9.17, 15) is 4.39 Å². The van der Waals surface area contributed by atoms with Gasteiger partial charge >= 0.3 is 0 Å². The first-order valence-corrected chi connectivity index (χ1v) is 6.34. The number of rotatable bonds is 4. The fourth-order valence-corrected chi connectivity index (χ4v) is 2.44. The maximum absolute atomic E-state index is 13.2. The molecule has 1 fully saturated rings. The number of halogens is 2. The molecular weight excluding hydrogens is 241 g/mol. The summed E-state index contributed by atoms with van der Waals surface area (Å²) in [5.74, 6) is 0.0571. The highest BCUT2D eigenvalue weighted by Gasteiger charge is 2.26. The average Bonchev–Trinajstić information content (AvgIpc) is 2.78. The highest BCUT2D eigenvalue weighted by Crippen LogP contribution is 2.28. The van der Waals surface area contributed by atoms with E-state index in [1.165, 1.54) is 12.5 Å². The van der Waals surface area contributed by atoms with Gasteiger partial charge in [0.2, 0.25) is 0 Å². The van der Waals surface area contributed by atoms with Crippen LogP contribution < -0.4 is 5.73 Å². The lowest BCUT2D eigenvalue weighted by atomic mass is 10.1. The van der Waals surface area contributed by atoms with Crippen LogP contribution in [-0.2, 0) is 11.3 Å². The van der Waals surface area contributed by atoms with Crippen LogP contribution >= 0.6 is 11.6 Å². The molecule has 1 saturated carbocycles. The number of ether oxygens (including phenoxy) is 1. The van der Waals surface area contributed by atoms with Crippen molar-refractivity contribution in [2.24, 2.45) is 11.7 Å². The van der Waals surface area contributed by atoms with Crippen molar-refractivity contribution in [3.8, 4) is 0 Å². The topological polar surface area (TPSA) is 35.2 Å². The molecule has 1 aliphatic carbocycles. The Morgan fingerprint density at radius 2 is 2.24 bits per heavy atom. The molecule has 94 valence electrons. The number of hydrogen-bond acceptors (Lipinski definition) is 2. The van der Waals surface area contributed by atoms with E-state index < -0.39 is 5.82 Å². The first-order chi connectivity index (χ1) is 8.20. The minimum Gasteiger partial charge on any atom is -0.373 e. The van der Waals surface area contributed by atoms with E-state index >= 15 is 0 Å². The standard InChI is InChI=1S/C13H17ClFNO/c14-11-5-4-9(6-12(11)15)8-17-13-3-1-2-10(13)7-16/h4-6,10,13H,1-3,7-8,16H2. The third-order valence-electron chi connectivity index (χ3n) is 3.34. The maximum Gasteiger partial charge on any atom is 0.142 e. The highest BCUT2D eigenvalue weighted by atomic mass is 35.5. The van der Waals surface area contributed by atoms with Crippen molar-refractivity contribution in [1.29, 1.82) is 0 Å². The minimum atomic E-state index is -0.394. The number of benzene rings is 1. The summed E-state index contributed by atoms with van der Waals surface area (Å²) in [4.78, 5) is 0. The van der Waals surface area contributed by atoms with Crippen molar-refractivity contribution in [2.45, 2.75) is 32.0 Å². The van der Waals surface area contributed by atoms with Gasteiger partial charge in [-0.2, -0.15) is 0 Å². The van der Waals surface area contributed by atoms with E-state index in [4.69, 9.17) is 22.1 Å². The average molecular weight is 258 g/mol. The normalized spacial score (nSPS) is 24.2. The number of nitrogens with two attached hydrogens (primary N) is 1. The van der Waals surface area contributed by atoms with Crippen molar-refractivity contribution in [1.82, 2.24) is 0 Å². The van der Waals surface area contributed by atoms with Crippen molar-refractivity contribution in [3.05, 3.63) is 34.6 Å². The second-order valence-corrected chi connectivity index (χ2v) is 4.93. The van der Waals surface area contributed by atoms with Crippen molar-refractivity contribution in [2.75, 3.05) is 6.54 Å². The quantitative estimate of drug-likeness (QED) is 0.900. The maximum atomic E-state index is 13.2. The van der Waals surface area contributed by atoms with Crippen molar-refractivity contribution >= 4 is 11.6 Å².